The second-order valence-corrected chi connectivity index (χ2v) is 7.22. The number of nitrogens with zero attached hydrogens (tertiary/aromatic N) is 2. The summed E-state index contributed by atoms with van der Waals surface area (Å²) < 4.78 is 8.40. The zero-order valence-electron chi connectivity index (χ0n) is 14.9. The summed E-state index contributed by atoms with van der Waals surface area (Å²) in [5, 5.41) is 8.78. The summed E-state index contributed by atoms with van der Waals surface area (Å²) in [7, 11) is 2.89. The van der Waals surface area contributed by atoms with E-state index in [0.717, 1.165) is 19.3 Å². The van der Waals surface area contributed by atoms with Gasteiger partial charge in [-0.05, 0) is 52.8 Å². The van der Waals surface area contributed by atoms with Crippen LogP contribution in [0.1, 0.15) is 27.2 Å². The first-order chi connectivity index (χ1) is 12.3. The number of aryl methyl sites for hydroxylation is 1. The van der Waals surface area contributed by atoms with E-state index >= 15 is 0 Å². The standard InChI is InChI=1S/C18H21IN2O5/c1-11-8-13(19)5-4-12(11)9-14-16(15(23)10-26-7-6-22)17(24)21(3)18(25)20(14)2/h4-5,8,22H,6-7,9-10H2,1-3H3. The highest BCUT2D eigenvalue weighted by Crippen LogP contribution is 2.17. The van der Waals surface area contributed by atoms with Crippen molar-refractivity contribution in [2.75, 3.05) is 19.8 Å². The molecule has 0 fully saturated rings. The number of carbonyl (C=O) groups excluding carboxylic acids is 1. The lowest BCUT2D eigenvalue weighted by molar-refractivity contribution is 0.0660. The Labute approximate surface area is 164 Å². The van der Waals surface area contributed by atoms with E-state index in [9.17, 15) is 14.4 Å². The van der Waals surface area contributed by atoms with Crippen molar-refractivity contribution in [2.45, 2.75) is 13.3 Å². The minimum atomic E-state index is -0.635. The molecule has 2 rings (SSSR count). The van der Waals surface area contributed by atoms with Crippen molar-refractivity contribution in [1.29, 1.82) is 0 Å². The molecular formula is C18H21IN2O5. The zero-order valence-corrected chi connectivity index (χ0v) is 17.1. The van der Waals surface area contributed by atoms with Gasteiger partial charge in [-0.2, -0.15) is 0 Å². The van der Waals surface area contributed by atoms with Gasteiger partial charge in [-0.15, -0.1) is 0 Å². The first-order valence-corrected chi connectivity index (χ1v) is 9.11. The van der Waals surface area contributed by atoms with Crippen LogP contribution in [0.3, 0.4) is 0 Å². The van der Waals surface area contributed by atoms with Crippen LogP contribution in [0.5, 0.6) is 0 Å². The number of aromatic nitrogens is 2. The molecule has 7 nitrogen and oxygen atoms in total. The molecule has 0 unspecified atom stereocenters. The van der Waals surface area contributed by atoms with Gasteiger partial charge in [-0.3, -0.25) is 18.7 Å². The van der Waals surface area contributed by atoms with Crippen LogP contribution in [0, 0.1) is 10.5 Å². The molecule has 140 valence electrons. The Morgan fingerprint density at radius 3 is 2.54 bits per heavy atom. The Bertz CT molecular complexity index is 946. The SMILES string of the molecule is Cc1cc(I)ccc1Cc1c(C(=O)COCCO)c(=O)n(C)c(=O)n1C. The second-order valence-electron chi connectivity index (χ2n) is 5.97. The number of aliphatic hydroxyl groups excluding tert-OH is 1. The summed E-state index contributed by atoms with van der Waals surface area (Å²) in [6, 6.07) is 5.87. The van der Waals surface area contributed by atoms with Gasteiger partial charge in [0.1, 0.15) is 12.2 Å². The quantitative estimate of drug-likeness (QED) is 0.366. The molecule has 1 N–H and O–H groups in total. The van der Waals surface area contributed by atoms with E-state index in [0.29, 0.717) is 5.69 Å². The summed E-state index contributed by atoms with van der Waals surface area (Å²) in [4.78, 5) is 37.5. The van der Waals surface area contributed by atoms with E-state index in [1.54, 1.807) is 7.05 Å². The third-order valence-corrected chi connectivity index (χ3v) is 4.87. The fraction of sp³-hybridized carbons (Fsp3) is 0.389. The number of benzene rings is 1. The highest BCUT2D eigenvalue weighted by Gasteiger charge is 2.22. The van der Waals surface area contributed by atoms with Crippen LogP contribution in [-0.2, 0) is 25.3 Å². The topological polar surface area (TPSA) is 90.5 Å². The van der Waals surface area contributed by atoms with Crippen molar-refractivity contribution in [3.05, 3.63) is 65.0 Å². The number of ketones is 1. The van der Waals surface area contributed by atoms with Gasteiger partial charge in [0.05, 0.1) is 13.2 Å². The van der Waals surface area contributed by atoms with E-state index in [1.807, 2.05) is 25.1 Å². The van der Waals surface area contributed by atoms with E-state index in [2.05, 4.69) is 22.6 Å². The fourth-order valence-electron chi connectivity index (χ4n) is 2.71. The number of aliphatic hydroxyl groups is 1. The third-order valence-electron chi connectivity index (χ3n) is 4.20. The van der Waals surface area contributed by atoms with E-state index in [1.165, 1.54) is 11.6 Å². The molecule has 0 spiro atoms. The van der Waals surface area contributed by atoms with Crippen LogP contribution in [0.2, 0.25) is 0 Å². The average molecular weight is 472 g/mol. The summed E-state index contributed by atoms with van der Waals surface area (Å²) in [5.74, 6) is -0.507. The molecular weight excluding hydrogens is 451 g/mol. The van der Waals surface area contributed by atoms with Crippen LogP contribution >= 0.6 is 22.6 Å². The van der Waals surface area contributed by atoms with Crippen molar-refractivity contribution in [2.24, 2.45) is 14.1 Å². The summed E-state index contributed by atoms with van der Waals surface area (Å²) in [6.07, 6.45) is 0.283. The second kappa shape index (κ2) is 8.74. The Hall–Kier alpha value is -1.78. The molecule has 0 amide bonds. The van der Waals surface area contributed by atoms with Gasteiger partial charge < -0.3 is 9.84 Å². The Morgan fingerprint density at radius 2 is 1.92 bits per heavy atom. The smallest absolute Gasteiger partial charge is 0.330 e. The fourth-order valence-corrected chi connectivity index (χ4v) is 3.36. The normalized spacial score (nSPS) is 11.0. The van der Waals surface area contributed by atoms with Gasteiger partial charge in [0, 0.05) is 29.8 Å². The monoisotopic (exact) mass is 472 g/mol. The maximum absolute atomic E-state index is 12.6. The Balaban J connectivity index is 2.57. The number of hydrogen-bond donors (Lipinski definition) is 1. The molecule has 0 saturated heterocycles. The first kappa shape index (κ1) is 20.5. The molecule has 1 aromatic heterocycles. The van der Waals surface area contributed by atoms with Crippen molar-refractivity contribution in [3.63, 3.8) is 0 Å². The number of halogens is 1. The number of carbonyl (C=O) groups is 1. The van der Waals surface area contributed by atoms with Crippen molar-refractivity contribution in [3.8, 4) is 0 Å². The third kappa shape index (κ3) is 4.30. The van der Waals surface area contributed by atoms with Gasteiger partial charge in [0.15, 0.2) is 5.78 Å². The van der Waals surface area contributed by atoms with Crippen LogP contribution < -0.4 is 11.2 Å². The van der Waals surface area contributed by atoms with Crippen LogP contribution in [0.4, 0.5) is 0 Å². The number of rotatable bonds is 7. The molecule has 0 saturated carbocycles. The molecule has 0 atom stereocenters. The molecule has 0 aliphatic carbocycles. The molecule has 2 aromatic rings. The van der Waals surface area contributed by atoms with E-state index < -0.39 is 17.0 Å². The largest absolute Gasteiger partial charge is 0.394 e. The summed E-state index contributed by atoms with van der Waals surface area (Å²) in [5.41, 5.74) is 1.13. The lowest BCUT2D eigenvalue weighted by Gasteiger charge is -2.16. The van der Waals surface area contributed by atoms with Crippen molar-refractivity contribution < 1.29 is 14.6 Å². The highest BCUT2D eigenvalue weighted by molar-refractivity contribution is 14.1. The summed E-state index contributed by atoms with van der Waals surface area (Å²) in [6.45, 7) is 1.41. The molecule has 1 aromatic carbocycles. The summed E-state index contributed by atoms with van der Waals surface area (Å²) >= 11 is 2.21. The predicted molar refractivity (Wildman–Crippen MR) is 106 cm³/mol. The van der Waals surface area contributed by atoms with E-state index in [4.69, 9.17) is 9.84 Å². The predicted octanol–water partition coefficient (Wildman–Crippen LogP) is 0.779. The molecule has 8 heteroatoms. The molecule has 1 heterocycles. The number of ether oxygens (including phenoxy) is 1. The van der Waals surface area contributed by atoms with Crippen molar-refractivity contribution in [1.82, 2.24) is 9.13 Å². The zero-order chi connectivity index (χ0) is 19.4. The first-order valence-electron chi connectivity index (χ1n) is 8.03. The van der Waals surface area contributed by atoms with Crippen LogP contribution in [0.15, 0.2) is 27.8 Å². The number of hydrogen-bond acceptors (Lipinski definition) is 5. The molecule has 26 heavy (non-hydrogen) atoms. The molecule has 0 aliphatic rings. The van der Waals surface area contributed by atoms with E-state index in [-0.39, 0.29) is 31.8 Å². The minimum Gasteiger partial charge on any atom is -0.394 e. The maximum Gasteiger partial charge on any atom is 0.330 e. The molecule has 0 radical (unpaired) electrons. The van der Waals surface area contributed by atoms with Gasteiger partial charge in [0.2, 0.25) is 0 Å². The van der Waals surface area contributed by atoms with Gasteiger partial charge in [-0.1, -0.05) is 6.07 Å². The Morgan fingerprint density at radius 1 is 1.23 bits per heavy atom. The lowest BCUT2D eigenvalue weighted by atomic mass is 9.99. The van der Waals surface area contributed by atoms with Crippen LogP contribution in [-0.4, -0.2) is 39.8 Å². The highest BCUT2D eigenvalue weighted by atomic mass is 127. The lowest BCUT2D eigenvalue weighted by Crippen LogP contribution is -2.43. The molecule has 0 aliphatic heterocycles. The van der Waals surface area contributed by atoms with Gasteiger partial charge in [-0.25, -0.2) is 4.79 Å². The van der Waals surface area contributed by atoms with Gasteiger partial charge in [0.25, 0.3) is 5.56 Å². The van der Waals surface area contributed by atoms with Gasteiger partial charge >= 0.3 is 5.69 Å². The average Bonchev–Trinajstić information content (AvgIpc) is 2.60. The minimum absolute atomic E-state index is 0.00336. The Kier molecular flexibility index (Phi) is 6.90. The molecule has 0 bridgehead atoms. The maximum atomic E-state index is 12.6. The van der Waals surface area contributed by atoms with Crippen molar-refractivity contribution >= 4 is 28.4 Å². The number of Topliss-reactive ketones (excluding diaryl/α,β-unsaturated/α-hetero) is 1. The van der Waals surface area contributed by atoms with Crippen LogP contribution in [0.25, 0.3) is 0 Å².